The number of hydrogen-bond acceptors (Lipinski definition) is 2. The molecule has 2 N–H and O–H groups in total. The second-order valence-corrected chi connectivity index (χ2v) is 9.02. The summed E-state index contributed by atoms with van der Waals surface area (Å²) in [5, 5.41) is 5.23. The van der Waals surface area contributed by atoms with Gasteiger partial charge in [-0.15, -0.1) is 0 Å². The lowest BCUT2D eigenvalue weighted by Crippen LogP contribution is -2.46. The molecule has 5 rings (SSSR count). The van der Waals surface area contributed by atoms with Crippen LogP contribution in [-0.4, -0.2) is 14.5 Å². The summed E-state index contributed by atoms with van der Waals surface area (Å²) in [5.74, 6) is 0. The molecular weight excluding hydrogens is 416 g/mol. The van der Waals surface area contributed by atoms with Gasteiger partial charge in [0.05, 0.1) is 18.5 Å². The third kappa shape index (κ3) is 4.55. The molecule has 0 bridgehead atoms. The minimum Gasteiger partial charge on any atom is -0.361 e. The molecule has 1 atom stereocenters. The van der Waals surface area contributed by atoms with Gasteiger partial charge in [0.15, 0.2) is 0 Å². The van der Waals surface area contributed by atoms with Gasteiger partial charge >= 0.3 is 0 Å². The normalized spacial score (nSPS) is 13.2. The van der Waals surface area contributed by atoms with Gasteiger partial charge in [0, 0.05) is 24.1 Å². The molecule has 3 aromatic carbocycles. The molecule has 0 aliphatic carbocycles. The van der Waals surface area contributed by atoms with Crippen molar-refractivity contribution in [3.8, 4) is 0 Å². The highest BCUT2D eigenvalue weighted by molar-refractivity contribution is 5.80. The Balaban J connectivity index is 1.67. The van der Waals surface area contributed by atoms with Crippen molar-refractivity contribution in [1.29, 1.82) is 0 Å². The lowest BCUT2D eigenvalue weighted by atomic mass is 9.75. The molecule has 0 aliphatic heterocycles. The van der Waals surface area contributed by atoms with Crippen molar-refractivity contribution in [2.45, 2.75) is 44.8 Å². The third-order valence-corrected chi connectivity index (χ3v) is 6.75. The summed E-state index contributed by atoms with van der Waals surface area (Å²) >= 11 is 0. The van der Waals surface area contributed by atoms with E-state index in [0.717, 1.165) is 12.8 Å². The van der Waals surface area contributed by atoms with Gasteiger partial charge in [0.2, 0.25) is 0 Å². The number of hydrogen-bond donors (Lipinski definition) is 2. The first-order chi connectivity index (χ1) is 16.8. The summed E-state index contributed by atoms with van der Waals surface area (Å²) in [6, 6.07) is 28.8. The number of imidazole rings is 1. The Hall–Kier alpha value is -3.63. The van der Waals surface area contributed by atoms with Gasteiger partial charge in [-0.25, -0.2) is 4.98 Å². The molecule has 0 fully saturated rings. The maximum absolute atomic E-state index is 4.26. The predicted molar refractivity (Wildman–Crippen MR) is 140 cm³/mol. The van der Waals surface area contributed by atoms with Crippen LogP contribution in [0.25, 0.3) is 10.9 Å². The van der Waals surface area contributed by atoms with Crippen molar-refractivity contribution in [1.82, 2.24) is 19.9 Å². The van der Waals surface area contributed by atoms with Crippen LogP contribution in [-0.2, 0) is 25.0 Å². The zero-order valence-electron chi connectivity index (χ0n) is 19.7. The molecule has 4 heteroatoms. The quantitative estimate of drug-likeness (QED) is 0.258. The first kappa shape index (κ1) is 22.2. The molecule has 2 aromatic heterocycles. The van der Waals surface area contributed by atoms with Crippen LogP contribution in [0.15, 0.2) is 104 Å². The number of H-pyrrole nitrogens is 1. The number of fused-ring (bicyclic) bond motifs is 1. The van der Waals surface area contributed by atoms with E-state index in [1.165, 1.54) is 46.0 Å². The topological polar surface area (TPSA) is 45.6 Å². The number of nitrogens with one attached hydrogen (secondary N) is 2. The van der Waals surface area contributed by atoms with Crippen LogP contribution in [0.3, 0.4) is 0 Å². The second kappa shape index (κ2) is 10.1. The number of nitrogens with zero attached hydrogens (tertiary/aromatic N) is 2. The third-order valence-electron chi connectivity index (χ3n) is 6.75. The standard InChI is InChI=1S/C30H32N4/c1-2-3-9-25-10-7-8-13-28(25)30(27-11-5-4-6-12-27,33-23-34-19-18-31-22-34)21-24-14-15-29-26(20-24)16-17-32-29/h4-8,10-20,22,32-33H,2-3,9,21,23H2,1H3. The van der Waals surface area contributed by atoms with Crippen molar-refractivity contribution < 1.29 is 0 Å². The molecule has 0 radical (unpaired) electrons. The summed E-state index contributed by atoms with van der Waals surface area (Å²) < 4.78 is 2.10. The van der Waals surface area contributed by atoms with E-state index in [2.05, 4.69) is 106 Å². The van der Waals surface area contributed by atoms with E-state index in [1.807, 2.05) is 24.9 Å². The van der Waals surface area contributed by atoms with Crippen LogP contribution in [0.1, 0.15) is 42.0 Å². The van der Waals surface area contributed by atoms with Gasteiger partial charge in [-0.3, -0.25) is 5.32 Å². The van der Waals surface area contributed by atoms with Gasteiger partial charge in [0.1, 0.15) is 0 Å². The van der Waals surface area contributed by atoms with Gasteiger partial charge in [-0.2, -0.15) is 0 Å². The van der Waals surface area contributed by atoms with E-state index in [4.69, 9.17) is 0 Å². The van der Waals surface area contributed by atoms with E-state index in [0.29, 0.717) is 6.67 Å². The van der Waals surface area contributed by atoms with Crippen molar-refractivity contribution in [2.75, 3.05) is 0 Å². The number of aromatic nitrogens is 3. The molecule has 0 spiro atoms. The van der Waals surface area contributed by atoms with Crippen LogP contribution in [0.2, 0.25) is 0 Å². The Kier molecular flexibility index (Phi) is 6.59. The van der Waals surface area contributed by atoms with Crippen molar-refractivity contribution in [3.63, 3.8) is 0 Å². The van der Waals surface area contributed by atoms with Crippen molar-refractivity contribution >= 4 is 10.9 Å². The van der Waals surface area contributed by atoms with Gasteiger partial charge in [-0.05, 0) is 65.1 Å². The van der Waals surface area contributed by atoms with Crippen LogP contribution in [0.4, 0.5) is 0 Å². The zero-order valence-corrected chi connectivity index (χ0v) is 19.7. The lowest BCUT2D eigenvalue weighted by Gasteiger charge is -2.38. The first-order valence-corrected chi connectivity index (χ1v) is 12.2. The van der Waals surface area contributed by atoms with Gasteiger partial charge in [-0.1, -0.05) is 74.0 Å². The van der Waals surface area contributed by atoms with Gasteiger partial charge < -0.3 is 9.55 Å². The molecule has 0 amide bonds. The summed E-state index contributed by atoms with van der Waals surface area (Å²) in [6.45, 7) is 2.93. The Labute approximate surface area is 201 Å². The highest BCUT2D eigenvalue weighted by Gasteiger charge is 2.36. The summed E-state index contributed by atoms with van der Waals surface area (Å²) in [6.07, 6.45) is 12.0. The van der Waals surface area contributed by atoms with Crippen LogP contribution < -0.4 is 5.32 Å². The molecule has 0 aliphatic rings. The Morgan fingerprint density at radius 1 is 0.971 bits per heavy atom. The molecule has 2 heterocycles. The zero-order chi connectivity index (χ0) is 23.2. The highest BCUT2D eigenvalue weighted by atomic mass is 15.2. The molecule has 4 nitrogen and oxygen atoms in total. The van der Waals surface area contributed by atoms with Crippen molar-refractivity contribution in [3.05, 3.63) is 126 Å². The largest absolute Gasteiger partial charge is 0.361 e. The minimum atomic E-state index is -0.389. The molecule has 34 heavy (non-hydrogen) atoms. The number of aryl methyl sites for hydroxylation is 1. The molecule has 172 valence electrons. The fraction of sp³-hybridized carbons (Fsp3) is 0.233. The first-order valence-electron chi connectivity index (χ1n) is 12.2. The second-order valence-electron chi connectivity index (χ2n) is 9.02. The maximum Gasteiger partial charge on any atom is 0.0956 e. The van der Waals surface area contributed by atoms with E-state index >= 15 is 0 Å². The van der Waals surface area contributed by atoms with E-state index in [1.54, 1.807) is 0 Å². The minimum absolute atomic E-state index is 0.389. The molecule has 1 unspecified atom stereocenters. The average Bonchev–Trinajstić information content (AvgIpc) is 3.58. The van der Waals surface area contributed by atoms with Crippen LogP contribution in [0, 0.1) is 0 Å². The SMILES string of the molecule is CCCCc1ccccc1C(Cc1ccc2[nH]ccc2c1)(NCn1ccnc1)c1ccccc1. The fourth-order valence-corrected chi connectivity index (χ4v) is 4.98. The summed E-state index contributed by atoms with van der Waals surface area (Å²) in [7, 11) is 0. The monoisotopic (exact) mass is 448 g/mol. The Bertz CT molecular complexity index is 1320. The fourth-order valence-electron chi connectivity index (χ4n) is 4.98. The number of unbranched alkanes of at least 4 members (excludes halogenated alkanes) is 1. The van der Waals surface area contributed by atoms with Gasteiger partial charge in [0.25, 0.3) is 0 Å². The maximum atomic E-state index is 4.26. The smallest absolute Gasteiger partial charge is 0.0956 e. The number of aromatic amines is 1. The van der Waals surface area contributed by atoms with E-state index < -0.39 is 0 Å². The Morgan fingerprint density at radius 3 is 2.65 bits per heavy atom. The molecule has 0 saturated heterocycles. The van der Waals surface area contributed by atoms with E-state index in [-0.39, 0.29) is 5.54 Å². The number of benzene rings is 3. The highest BCUT2D eigenvalue weighted by Crippen LogP contribution is 2.37. The molecular formula is C30H32N4. The molecule has 0 saturated carbocycles. The summed E-state index contributed by atoms with van der Waals surface area (Å²) in [4.78, 5) is 7.58. The summed E-state index contributed by atoms with van der Waals surface area (Å²) in [5.41, 5.74) is 6.12. The average molecular weight is 449 g/mol. The molecule has 5 aromatic rings. The van der Waals surface area contributed by atoms with Crippen molar-refractivity contribution in [2.24, 2.45) is 0 Å². The number of rotatable bonds is 10. The van der Waals surface area contributed by atoms with Crippen LogP contribution in [0.5, 0.6) is 0 Å². The predicted octanol–water partition coefficient (Wildman–Crippen LogP) is 6.44. The lowest BCUT2D eigenvalue weighted by molar-refractivity contribution is 0.353. The van der Waals surface area contributed by atoms with Crippen LogP contribution >= 0.6 is 0 Å². The Morgan fingerprint density at radius 2 is 1.82 bits per heavy atom. The van der Waals surface area contributed by atoms with E-state index in [9.17, 15) is 0 Å².